The summed E-state index contributed by atoms with van der Waals surface area (Å²) in [7, 11) is -7.75. The quantitative estimate of drug-likeness (QED) is 0.306. The Kier molecular flexibility index (Phi) is 9.09. The number of sulfonamides is 1. The normalized spacial score (nSPS) is 11.5. The molecular weight excluding hydrogens is 346 g/mol. The minimum absolute atomic E-state index is 0.463. The lowest BCUT2D eigenvalue weighted by molar-refractivity contribution is 0.381. The van der Waals surface area contributed by atoms with E-state index in [1.807, 2.05) is 24.3 Å². The molecule has 0 aromatic heterocycles. The van der Waals surface area contributed by atoms with E-state index < -0.39 is 20.4 Å². The van der Waals surface area contributed by atoms with Crippen molar-refractivity contribution in [3.8, 4) is 0 Å². The van der Waals surface area contributed by atoms with Crippen molar-refractivity contribution in [3.05, 3.63) is 24.3 Å². The van der Waals surface area contributed by atoms with Crippen LogP contribution in [0.4, 0.5) is 11.4 Å². The highest BCUT2D eigenvalue weighted by Gasteiger charge is 2.05. The molecule has 0 bridgehead atoms. The highest BCUT2D eigenvalue weighted by Crippen LogP contribution is 2.16. The Morgan fingerprint density at radius 1 is 1.13 bits per heavy atom. The van der Waals surface area contributed by atoms with Gasteiger partial charge in [0.25, 0.3) is 0 Å². The Morgan fingerprint density at radius 2 is 1.61 bits per heavy atom. The Labute approximate surface area is 137 Å². The number of nitrogens with zero attached hydrogens (tertiary/aromatic N) is 1. The number of hydrogen-bond acceptors (Lipinski definition) is 6. The summed E-state index contributed by atoms with van der Waals surface area (Å²) in [5.74, 6) is 0. The van der Waals surface area contributed by atoms with E-state index in [1.54, 1.807) is 0 Å². The summed E-state index contributed by atoms with van der Waals surface area (Å²) < 4.78 is 55.9. The number of benzene rings is 1. The Bertz CT molecular complexity index is 651. The van der Waals surface area contributed by atoms with E-state index in [9.17, 15) is 8.42 Å². The van der Waals surface area contributed by atoms with Crippen LogP contribution < -0.4 is 15.4 Å². The van der Waals surface area contributed by atoms with Crippen molar-refractivity contribution in [2.75, 3.05) is 36.5 Å². The zero-order chi connectivity index (χ0) is 18.1. The van der Waals surface area contributed by atoms with Crippen molar-refractivity contribution in [2.45, 2.75) is 13.3 Å². The molecule has 134 valence electrons. The maximum Gasteiger partial charge on any atom is 0.394 e. The van der Waals surface area contributed by atoms with Crippen molar-refractivity contribution in [3.63, 3.8) is 0 Å². The SMILES string of the molecule is CCN(CCCNS(C)(=O)=O)c1ccc(N)cc1.O=S(=O)(O)O. The standard InChI is InChI=1S/C12H21N3O2S.H2O4S/c1-3-15(10-4-9-14-18(2,16)17)12-7-5-11(13)6-8-12;1-5(2,3)4/h5-8,14H,3-4,9-10,13H2,1-2H3;(H2,1,2,3,4). The molecule has 0 spiro atoms. The van der Waals surface area contributed by atoms with Crippen molar-refractivity contribution in [1.82, 2.24) is 4.72 Å². The van der Waals surface area contributed by atoms with Gasteiger partial charge in [-0.2, -0.15) is 8.42 Å². The monoisotopic (exact) mass is 369 g/mol. The molecule has 0 aliphatic rings. The summed E-state index contributed by atoms with van der Waals surface area (Å²) in [6, 6.07) is 7.69. The average Bonchev–Trinajstić information content (AvgIpc) is 2.37. The predicted molar refractivity (Wildman–Crippen MR) is 90.4 cm³/mol. The summed E-state index contributed by atoms with van der Waals surface area (Å²) in [6.45, 7) is 4.22. The van der Waals surface area contributed by atoms with Gasteiger partial charge in [0, 0.05) is 31.0 Å². The molecule has 0 saturated carbocycles. The first-order valence-electron chi connectivity index (χ1n) is 6.67. The van der Waals surface area contributed by atoms with Crippen LogP contribution in [-0.4, -0.2) is 51.8 Å². The van der Waals surface area contributed by atoms with Gasteiger partial charge in [0.15, 0.2) is 0 Å². The van der Waals surface area contributed by atoms with E-state index in [0.29, 0.717) is 6.54 Å². The lowest BCUT2D eigenvalue weighted by Crippen LogP contribution is -2.29. The van der Waals surface area contributed by atoms with E-state index in [-0.39, 0.29) is 0 Å². The smallest absolute Gasteiger partial charge is 0.394 e. The Balaban J connectivity index is 0.000000841. The van der Waals surface area contributed by atoms with Gasteiger partial charge in [0.1, 0.15) is 0 Å². The fraction of sp³-hybridized carbons (Fsp3) is 0.500. The highest BCUT2D eigenvalue weighted by atomic mass is 32.3. The van der Waals surface area contributed by atoms with Crippen molar-refractivity contribution in [1.29, 1.82) is 0 Å². The van der Waals surface area contributed by atoms with Gasteiger partial charge in [-0.25, -0.2) is 13.1 Å². The van der Waals surface area contributed by atoms with E-state index in [1.165, 1.54) is 6.26 Å². The molecule has 0 atom stereocenters. The number of rotatable bonds is 7. The zero-order valence-corrected chi connectivity index (χ0v) is 14.6. The van der Waals surface area contributed by atoms with Crippen LogP contribution in [0.3, 0.4) is 0 Å². The molecule has 1 aromatic rings. The summed E-state index contributed by atoms with van der Waals surface area (Å²) in [5.41, 5.74) is 7.49. The maximum atomic E-state index is 10.9. The van der Waals surface area contributed by atoms with Gasteiger partial charge in [-0.1, -0.05) is 0 Å². The fourth-order valence-corrected chi connectivity index (χ4v) is 2.20. The molecule has 1 rings (SSSR count). The van der Waals surface area contributed by atoms with Crippen LogP contribution in [0.2, 0.25) is 0 Å². The molecule has 1 aromatic carbocycles. The maximum absolute atomic E-state index is 10.9. The van der Waals surface area contributed by atoms with Crippen molar-refractivity contribution in [2.24, 2.45) is 0 Å². The number of hydrogen-bond donors (Lipinski definition) is 4. The van der Waals surface area contributed by atoms with Gasteiger partial charge in [-0.05, 0) is 37.6 Å². The molecule has 0 heterocycles. The molecule has 11 heteroatoms. The number of nitrogens with two attached hydrogens (primary N) is 1. The van der Waals surface area contributed by atoms with Crippen LogP contribution in [0.5, 0.6) is 0 Å². The molecule has 0 aliphatic carbocycles. The van der Waals surface area contributed by atoms with Crippen molar-refractivity contribution >= 4 is 31.8 Å². The summed E-state index contributed by atoms with van der Waals surface area (Å²) in [6.07, 6.45) is 1.94. The number of nitrogens with one attached hydrogen (secondary N) is 1. The second kappa shape index (κ2) is 9.67. The number of nitrogen functional groups attached to an aromatic ring is 1. The van der Waals surface area contributed by atoms with Gasteiger partial charge >= 0.3 is 10.4 Å². The second-order valence-electron chi connectivity index (χ2n) is 4.64. The van der Waals surface area contributed by atoms with Crippen LogP contribution in [-0.2, 0) is 20.4 Å². The molecule has 0 amide bonds. The van der Waals surface area contributed by atoms with E-state index >= 15 is 0 Å². The van der Waals surface area contributed by atoms with Crippen LogP contribution in [0.1, 0.15) is 13.3 Å². The molecule has 0 radical (unpaired) electrons. The molecule has 23 heavy (non-hydrogen) atoms. The van der Waals surface area contributed by atoms with Crippen LogP contribution in [0, 0.1) is 0 Å². The summed E-state index contributed by atoms with van der Waals surface area (Å²) in [4.78, 5) is 2.18. The predicted octanol–water partition coefficient (Wildman–Crippen LogP) is 0.382. The lowest BCUT2D eigenvalue weighted by Gasteiger charge is -2.23. The molecule has 0 saturated heterocycles. The zero-order valence-electron chi connectivity index (χ0n) is 13.0. The van der Waals surface area contributed by atoms with Crippen LogP contribution >= 0.6 is 0 Å². The summed E-state index contributed by atoms with van der Waals surface area (Å²) in [5, 5.41) is 0. The molecule has 0 fully saturated rings. The van der Waals surface area contributed by atoms with Gasteiger partial charge in [-0.15, -0.1) is 0 Å². The average molecular weight is 369 g/mol. The Hall–Kier alpha value is -1.40. The molecule has 9 nitrogen and oxygen atoms in total. The lowest BCUT2D eigenvalue weighted by atomic mass is 10.2. The largest absolute Gasteiger partial charge is 0.399 e. The van der Waals surface area contributed by atoms with E-state index in [4.69, 9.17) is 23.3 Å². The van der Waals surface area contributed by atoms with Gasteiger partial charge < -0.3 is 10.6 Å². The minimum atomic E-state index is -4.67. The second-order valence-corrected chi connectivity index (χ2v) is 7.37. The third-order valence-electron chi connectivity index (χ3n) is 2.61. The topological polar surface area (TPSA) is 150 Å². The molecule has 0 aliphatic heterocycles. The fourth-order valence-electron chi connectivity index (χ4n) is 1.68. The van der Waals surface area contributed by atoms with Gasteiger partial charge in [0.05, 0.1) is 6.26 Å². The summed E-state index contributed by atoms with van der Waals surface area (Å²) >= 11 is 0. The van der Waals surface area contributed by atoms with Gasteiger partial charge in [-0.3, -0.25) is 9.11 Å². The first kappa shape index (κ1) is 21.6. The highest BCUT2D eigenvalue weighted by molar-refractivity contribution is 7.88. The molecule has 0 unspecified atom stereocenters. The third-order valence-corrected chi connectivity index (χ3v) is 3.34. The van der Waals surface area contributed by atoms with E-state index in [0.717, 1.165) is 30.9 Å². The minimum Gasteiger partial charge on any atom is -0.399 e. The first-order valence-corrected chi connectivity index (χ1v) is 9.96. The van der Waals surface area contributed by atoms with Crippen molar-refractivity contribution < 1.29 is 25.9 Å². The van der Waals surface area contributed by atoms with Gasteiger partial charge in [0.2, 0.25) is 10.0 Å². The van der Waals surface area contributed by atoms with E-state index in [2.05, 4.69) is 16.5 Å². The van der Waals surface area contributed by atoms with Crippen LogP contribution in [0.25, 0.3) is 0 Å². The molecular formula is C12H23N3O6S2. The number of anilines is 2. The first-order chi connectivity index (χ1) is 10.4. The third kappa shape index (κ3) is 14.0. The Morgan fingerprint density at radius 3 is 2.00 bits per heavy atom. The molecule has 5 N–H and O–H groups in total. The van der Waals surface area contributed by atoms with Crippen LogP contribution in [0.15, 0.2) is 24.3 Å².